The van der Waals surface area contributed by atoms with E-state index in [1.54, 1.807) is 45.9 Å². The molecule has 0 fully saturated rings. The maximum absolute atomic E-state index is 12.2. The molecule has 0 saturated carbocycles. The zero-order valence-corrected chi connectivity index (χ0v) is 13.6. The van der Waals surface area contributed by atoms with Crippen LogP contribution in [0.1, 0.15) is 48.4 Å². The van der Waals surface area contributed by atoms with Crippen molar-refractivity contribution in [3.8, 4) is 0 Å². The van der Waals surface area contributed by atoms with Crippen LogP contribution in [0.3, 0.4) is 0 Å². The van der Waals surface area contributed by atoms with E-state index in [0.717, 1.165) is 0 Å². The standard InChI is InChI=1S/C14H17IO4/c1-5-18-12(16)9-7-6-8-10(15)11(9)13(17)19-14(2,3)4/h6-8H,5H2,1-4H3. The molecule has 104 valence electrons. The quantitative estimate of drug-likeness (QED) is 0.599. The van der Waals surface area contributed by atoms with Gasteiger partial charge in [0.25, 0.3) is 0 Å². The van der Waals surface area contributed by atoms with E-state index in [9.17, 15) is 9.59 Å². The third-order valence-electron chi connectivity index (χ3n) is 2.11. The van der Waals surface area contributed by atoms with E-state index in [-0.39, 0.29) is 17.7 Å². The van der Waals surface area contributed by atoms with Gasteiger partial charge in [-0.2, -0.15) is 0 Å². The van der Waals surface area contributed by atoms with Crippen LogP contribution in [0.4, 0.5) is 0 Å². The third-order valence-corrected chi connectivity index (χ3v) is 3.01. The van der Waals surface area contributed by atoms with Gasteiger partial charge in [-0.1, -0.05) is 6.07 Å². The Labute approximate surface area is 126 Å². The van der Waals surface area contributed by atoms with Gasteiger partial charge in [-0.15, -0.1) is 0 Å². The van der Waals surface area contributed by atoms with Crippen LogP contribution in [0.2, 0.25) is 0 Å². The van der Waals surface area contributed by atoms with Crippen LogP contribution in [0, 0.1) is 3.57 Å². The van der Waals surface area contributed by atoms with Crippen LogP contribution in [0.5, 0.6) is 0 Å². The van der Waals surface area contributed by atoms with E-state index in [1.807, 2.05) is 22.6 Å². The molecule has 0 aromatic heterocycles. The molecule has 0 aliphatic heterocycles. The highest BCUT2D eigenvalue weighted by molar-refractivity contribution is 14.1. The highest BCUT2D eigenvalue weighted by Gasteiger charge is 2.25. The Hall–Kier alpha value is -1.11. The molecule has 1 aromatic carbocycles. The van der Waals surface area contributed by atoms with Crippen LogP contribution < -0.4 is 0 Å². The summed E-state index contributed by atoms with van der Waals surface area (Å²) < 4.78 is 10.9. The Kier molecular flexibility index (Phi) is 5.34. The lowest BCUT2D eigenvalue weighted by Crippen LogP contribution is -2.26. The summed E-state index contributed by atoms with van der Waals surface area (Å²) in [5, 5.41) is 0. The first kappa shape index (κ1) is 15.9. The van der Waals surface area contributed by atoms with E-state index in [0.29, 0.717) is 3.57 Å². The van der Waals surface area contributed by atoms with Crippen molar-refractivity contribution in [3.63, 3.8) is 0 Å². The molecule has 0 aliphatic rings. The van der Waals surface area contributed by atoms with Crippen molar-refractivity contribution in [2.24, 2.45) is 0 Å². The molecule has 0 bridgehead atoms. The maximum atomic E-state index is 12.2. The smallest absolute Gasteiger partial charge is 0.340 e. The SMILES string of the molecule is CCOC(=O)c1cccc(I)c1C(=O)OC(C)(C)C. The predicted molar refractivity (Wildman–Crippen MR) is 80.3 cm³/mol. The van der Waals surface area contributed by atoms with Crippen molar-refractivity contribution in [2.75, 3.05) is 6.61 Å². The minimum absolute atomic E-state index is 0.239. The summed E-state index contributed by atoms with van der Waals surface area (Å²) >= 11 is 2.01. The van der Waals surface area contributed by atoms with Gasteiger partial charge in [0.2, 0.25) is 0 Å². The van der Waals surface area contributed by atoms with Crippen molar-refractivity contribution in [3.05, 3.63) is 32.9 Å². The number of ether oxygens (including phenoxy) is 2. The van der Waals surface area contributed by atoms with E-state index in [1.165, 1.54) is 0 Å². The van der Waals surface area contributed by atoms with Crippen LogP contribution in [-0.2, 0) is 9.47 Å². The predicted octanol–water partition coefficient (Wildman–Crippen LogP) is 3.42. The minimum atomic E-state index is -0.609. The first-order chi connectivity index (χ1) is 8.76. The number of esters is 2. The van der Waals surface area contributed by atoms with Gasteiger partial charge in [-0.05, 0) is 62.4 Å². The van der Waals surface area contributed by atoms with Crippen LogP contribution >= 0.6 is 22.6 Å². The second kappa shape index (κ2) is 6.36. The number of halogens is 1. The molecular weight excluding hydrogens is 359 g/mol. The molecule has 0 aliphatic carbocycles. The molecule has 4 nitrogen and oxygen atoms in total. The fraction of sp³-hybridized carbons (Fsp3) is 0.429. The molecule has 0 radical (unpaired) electrons. The van der Waals surface area contributed by atoms with Gasteiger partial charge < -0.3 is 9.47 Å². The minimum Gasteiger partial charge on any atom is -0.462 e. The summed E-state index contributed by atoms with van der Waals surface area (Å²) in [5.41, 5.74) is -0.110. The van der Waals surface area contributed by atoms with Crippen LogP contribution in [-0.4, -0.2) is 24.1 Å². The molecule has 0 saturated heterocycles. The molecule has 0 unspecified atom stereocenters. The number of benzene rings is 1. The molecule has 0 atom stereocenters. The molecule has 5 heteroatoms. The van der Waals surface area contributed by atoms with Gasteiger partial charge in [0.05, 0.1) is 17.7 Å². The van der Waals surface area contributed by atoms with Crippen molar-refractivity contribution >= 4 is 34.5 Å². The summed E-state index contributed by atoms with van der Waals surface area (Å²) in [6, 6.07) is 5.03. The molecule has 0 N–H and O–H groups in total. The molecule has 0 amide bonds. The van der Waals surface area contributed by atoms with E-state index in [2.05, 4.69) is 0 Å². The van der Waals surface area contributed by atoms with E-state index in [4.69, 9.17) is 9.47 Å². The second-order valence-corrected chi connectivity index (χ2v) is 6.05. The molecule has 0 spiro atoms. The van der Waals surface area contributed by atoms with Gasteiger partial charge in [0, 0.05) is 3.57 Å². The maximum Gasteiger partial charge on any atom is 0.340 e. The fourth-order valence-corrected chi connectivity index (χ4v) is 2.16. The largest absolute Gasteiger partial charge is 0.462 e. The molecule has 19 heavy (non-hydrogen) atoms. The summed E-state index contributed by atoms with van der Waals surface area (Å²) in [6.07, 6.45) is 0. The lowest BCUT2D eigenvalue weighted by Gasteiger charge is -2.20. The van der Waals surface area contributed by atoms with Gasteiger partial charge in [-0.25, -0.2) is 9.59 Å². The normalized spacial score (nSPS) is 11.0. The lowest BCUT2D eigenvalue weighted by atomic mass is 10.1. The number of hydrogen-bond acceptors (Lipinski definition) is 4. The number of rotatable bonds is 3. The first-order valence-corrected chi connectivity index (χ1v) is 7.03. The topological polar surface area (TPSA) is 52.6 Å². The summed E-state index contributed by atoms with van der Waals surface area (Å²) in [4.78, 5) is 24.0. The van der Waals surface area contributed by atoms with Crippen molar-refractivity contribution in [1.29, 1.82) is 0 Å². The summed E-state index contributed by atoms with van der Waals surface area (Å²) in [7, 11) is 0. The fourth-order valence-electron chi connectivity index (χ4n) is 1.44. The molecular formula is C14H17IO4. The molecule has 1 aromatic rings. The average Bonchev–Trinajstić information content (AvgIpc) is 2.26. The monoisotopic (exact) mass is 376 g/mol. The van der Waals surface area contributed by atoms with Crippen molar-refractivity contribution in [1.82, 2.24) is 0 Å². The van der Waals surface area contributed by atoms with E-state index >= 15 is 0 Å². The van der Waals surface area contributed by atoms with Gasteiger partial charge in [0.15, 0.2) is 0 Å². The number of carbonyl (C=O) groups is 2. The number of hydrogen-bond donors (Lipinski definition) is 0. The van der Waals surface area contributed by atoms with Crippen molar-refractivity contribution in [2.45, 2.75) is 33.3 Å². The van der Waals surface area contributed by atoms with Crippen LogP contribution in [0.25, 0.3) is 0 Å². The average molecular weight is 376 g/mol. The molecule has 0 heterocycles. The van der Waals surface area contributed by atoms with E-state index < -0.39 is 17.5 Å². The van der Waals surface area contributed by atoms with Crippen molar-refractivity contribution < 1.29 is 19.1 Å². The van der Waals surface area contributed by atoms with Gasteiger partial charge in [0.1, 0.15) is 5.60 Å². The van der Waals surface area contributed by atoms with Gasteiger partial charge in [-0.3, -0.25) is 0 Å². The first-order valence-electron chi connectivity index (χ1n) is 5.95. The second-order valence-electron chi connectivity index (χ2n) is 4.88. The Bertz CT molecular complexity index is 489. The van der Waals surface area contributed by atoms with Gasteiger partial charge >= 0.3 is 11.9 Å². The summed E-state index contributed by atoms with van der Waals surface area (Å²) in [5.74, 6) is -1.03. The third kappa shape index (κ3) is 4.49. The summed E-state index contributed by atoms with van der Waals surface area (Å²) in [6.45, 7) is 7.33. The molecule has 1 rings (SSSR count). The zero-order valence-electron chi connectivity index (χ0n) is 11.5. The Morgan fingerprint density at radius 3 is 2.37 bits per heavy atom. The Balaban J connectivity index is 3.18. The highest BCUT2D eigenvalue weighted by atomic mass is 127. The zero-order chi connectivity index (χ0) is 14.6. The number of carbonyl (C=O) groups excluding carboxylic acids is 2. The Morgan fingerprint density at radius 1 is 1.21 bits per heavy atom. The van der Waals surface area contributed by atoms with Crippen LogP contribution in [0.15, 0.2) is 18.2 Å². The lowest BCUT2D eigenvalue weighted by molar-refractivity contribution is 0.00631. The highest BCUT2D eigenvalue weighted by Crippen LogP contribution is 2.21. The Morgan fingerprint density at radius 2 is 1.84 bits per heavy atom.